The number of fused-ring (bicyclic) bond motifs is 1. The molecule has 0 aliphatic heterocycles. The van der Waals surface area contributed by atoms with Crippen molar-refractivity contribution >= 4 is 22.4 Å². The average Bonchev–Trinajstić information content (AvgIpc) is 2.83. The molecule has 0 amide bonds. The van der Waals surface area contributed by atoms with Gasteiger partial charge in [0.1, 0.15) is 5.01 Å². The van der Waals surface area contributed by atoms with Crippen LogP contribution in [-0.2, 0) is 0 Å². The molecule has 0 bridgehead atoms. The Balaban J connectivity index is 2.17. The normalized spacial score (nSPS) is 11.3. The largest absolute Gasteiger partial charge is 0.415 e. The van der Waals surface area contributed by atoms with Crippen LogP contribution in [0.3, 0.4) is 0 Å². The number of aromatic nitrogens is 3. The number of benzene rings is 1. The third-order valence-electron chi connectivity index (χ3n) is 2.83. The molecule has 0 radical (unpaired) electrons. The molecule has 7 heteroatoms. The van der Waals surface area contributed by atoms with Crippen LogP contribution in [-0.4, -0.2) is 21.6 Å². The van der Waals surface area contributed by atoms with Gasteiger partial charge in [-0.2, -0.15) is 8.78 Å². The Labute approximate surface area is 123 Å². The fourth-order valence-corrected chi connectivity index (χ4v) is 2.85. The van der Waals surface area contributed by atoms with Gasteiger partial charge in [0, 0.05) is 16.6 Å². The first kappa shape index (κ1) is 13.8. The molecule has 21 heavy (non-hydrogen) atoms. The Hall–Kier alpha value is -2.15. The predicted octanol–water partition coefficient (Wildman–Crippen LogP) is 3.97. The molecule has 0 spiro atoms. The second kappa shape index (κ2) is 5.33. The van der Waals surface area contributed by atoms with E-state index in [1.807, 2.05) is 25.3 Å². The standard InChI is InChI=1S/C14H11F2N3OS/c1-7-3-9(13-18-8(2)6-21-13)12-10(4-7)19-11(5-17-12)20-14(15)16/h3-6,14H,1-2H3. The number of halogens is 2. The molecule has 0 fully saturated rings. The minimum Gasteiger partial charge on any atom is -0.415 e. The molecule has 2 aromatic heterocycles. The maximum absolute atomic E-state index is 12.2. The molecule has 3 rings (SSSR count). The molecule has 4 nitrogen and oxygen atoms in total. The van der Waals surface area contributed by atoms with E-state index in [2.05, 4.69) is 19.7 Å². The minimum absolute atomic E-state index is 0.190. The van der Waals surface area contributed by atoms with Crippen LogP contribution < -0.4 is 4.74 Å². The van der Waals surface area contributed by atoms with E-state index in [9.17, 15) is 8.78 Å². The Morgan fingerprint density at radius 1 is 1.19 bits per heavy atom. The third-order valence-corrected chi connectivity index (χ3v) is 3.82. The van der Waals surface area contributed by atoms with Crippen molar-refractivity contribution in [1.82, 2.24) is 15.0 Å². The van der Waals surface area contributed by atoms with Gasteiger partial charge in [0.15, 0.2) is 0 Å². The SMILES string of the molecule is Cc1cc(-c2nc(C)cs2)c2ncc(OC(F)F)nc2c1. The molecule has 0 unspecified atom stereocenters. The molecule has 108 valence electrons. The van der Waals surface area contributed by atoms with Crippen LogP contribution in [0.2, 0.25) is 0 Å². The summed E-state index contributed by atoms with van der Waals surface area (Å²) in [5.74, 6) is -0.190. The first-order chi connectivity index (χ1) is 10.0. The summed E-state index contributed by atoms with van der Waals surface area (Å²) in [5, 5.41) is 2.78. The molecule has 0 aliphatic rings. The van der Waals surface area contributed by atoms with Gasteiger partial charge in [-0.1, -0.05) is 0 Å². The summed E-state index contributed by atoms with van der Waals surface area (Å²) in [6.07, 6.45) is 1.20. The summed E-state index contributed by atoms with van der Waals surface area (Å²) in [6.45, 7) is 0.909. The highest BCUT2D eigenvalue weighted by molar-refractivity contribution is 7.13. The topological polar surface area (TPSA) is 47.9 Å². The van der Waals surface area contributed by atoms with Crippen molar-refractivity contribution in [3.05, 3.63) is 35.0 Å². The molecule has 0 atom stereocenters. The number of aryl methyl sites for hydroxylation is 2. The fraction of sp³-hybridized carbons (Fsp3) is 0.214. The van der Waals surface area contributed by atoms with Gasteiger partial charge in [-0.25, -0.2) is 15.0 Å². The van der Waals surface area contributed by atoms with E-state index in [1.54, 1.807) is 6.07 Å². The van der Waals surface area contributed by atoms with E-state index in [0.717, 1.165) is 21.8 Å². The van der Waals surface area contributed by atoms with Crippen molar-refractivity contribution in [3.8, 4) is 16.5 Å². The summed E-state index contributed by atoms with van der Waals surface area (Å²) < 4.78 is 28.8. The highest BCUT2D eigenvalue weighted by atomic mass is 32.1. The van der Waals surface area contributed by atoms with Crippen molar-refractivity contribution in [2.75, 3.05) is 0 Å². The maximum Gasteiger partial charge on any atom is 0.388 e. The van der Waals surface area contributed by atoms with Gasteiger partial charge >= 0.3 is 6.61 Å². The molecule has 0 saturated carbocycles. The van der Waals surface area contributed by atoms with Gasteiger partial charge in [-0.3, -0.25) is 0 Å². The van der Waals surface area contributed by atoms with E-state index in [4.69, 9.17) is 0 Å². The number of thiazole rings is 1. The Morgan fingerprint density at radius 2 is 2.00 bits per heavy atom. The first-order valence-electron chi connectivity index (χ1n) is 6.17. The summed E-state index contributed by atoms with van der Waals surface area (Å²) in [7, 11) is 0. The molecule has 1 aromatic carbocycles. The van der Waals surface area contributed by atoms with Gasteiger partial charge in [-0.05, 0) is 31.5 Å². The molecule has 3 aromatic rings. The zero-order valence-electron chi connectivity index (χ0n) is 11.3. The summed E-state index contributed by atoms with van der Waals surface area (Å²) in [4.78, 5) is 12.7. The Morgan fingerprint density at radius 3 is 2.67 bits per heavy atom. The number of rotatable bonds is 3. The zero-order chi connectivity index (χ0) is 15.0. The van der Waals surface area contributed by atoms with Crippen molar-refractivity contribution < 1.29 is 13.5 Å². The lowest BCUT2D eigenvalue weighted by atomic mass is 10.1. The van der Waals surface area contributed by atoms with Crippen LogP contribution in [0.5, 0.6) is 5.88 Å². The molecular weight excluding hydrogens is 296 g/mol. The summed E-state index contributed by atoms with van der Waals surface area (Å²) in [6, 6.07) is 3.74. The van der Waals surface area contributed by atoms with E-state index < -0.39 is 6.61 Å². The molecule has 0 saturated heterocycles. The molecular formula is C14H11F2N3OS. The van der Waals surface area contributed by atoms with Gasteiger partial charge in [0.05, 0.1) is 17.2 Å². The maximum atomic E-state index is 12.2. The first-order valence-corrected chi connectivity index (χ1v) is 7.05. The zero-order valence-corrected chi connectivity index (χ0v) is 12.1. The van der Waals surface area contributed by atoms with Crippen LogP contribution in [0.25, 0.3) is 21.6 Å². The number of alkyl halides is 2. The van der Waals surface area contributed by atoms with Crippen molar-refractivity contribution in [1.29, 1.82) is 0 Å². The van der Waals surface area contributed by atoms with E-state index in [1.165, 1.54) is 17.5 Å². The van der Waals surface area contributed by atoms with Crippen LogP contribution in [0.15, 0.2) is 23.7 Å². The smallest absolute Gasteiger partial charge is 0.388 e. The summed E-state index contributed by atoms with van der Waals surface area (Å²) >= 11 is 1.51. The van der Waals surface area contributed by atoms with Crippen molar-refractivity contribution in [3.63, 3.8) is 0 Å². The molecule has 0 aliphatic carbocycles. The lowest BCUT2D eigenvalue weighted by Gasteiger charge is -2.07. The van der Waals surface area contributed by atoms with Gasteiger partial charge in [0.25, 0.3) is 0 Å². The van der Waals surface area contributed by atoms with E-state index in [-0.39, 0.29) is 5.88 Å². The van der Waals surface area contributed by atoms with Crippen LogP contribution in [0.1, 0.15) is 11.3 Å². The number of ether oxygens (including phenoxy) is 1. The predicted molar refractivity (Wildman–Crippen MR) is 76.8 cm³/mol. The van der Waals surface area contributed by atoms with E-state index in [0.29, 0.717) is 11.0 Å². The van der Waals surface area contributed by atoms with Crippen LogP contribution in [0.4, 0.5) is 8.78 Å². The average molecular weight is 307 g/mol. The van der Waals surface area contributed by atoms with Gasteiger partial charge in [0.2, 0.25) is 5.88 Å². The minimum atomic E-state index is -2.91. The third kappa shape index (κ3) is 2.82. The molecule has 0 N–H and O–H groups in total. The van der Waals surface area contributed by atoms with Gasteiger partial charge < -0.3 is 4.74 Å². The monoisotopic (exact) mass is 307 g/mol. The second-order valence-corrected chi connectivity index (χ2v) is 5.42. The van der Waals surface area contributed by atoms with Crippen LogP contribution in [0, 0.1) is 13.8 Å². The Bertz CT molecular complexity index is 804. The van der Waals surface area contributed by atoms with Crippen molar-refractivity contribution in [2.45, 2.75) is 20.5 Å². The highest BCUT2D eigenvalue weighted by Gasteiger charge is 2.13. The van der Waals surface area contributed by atoms with Crippen molar-refractivity contribution in [2.24, 2.45) is 0 Å². The second-order valence-electron chi connectivity index (χ2n) is 4.56. The number of hydrogen-bond acceptors (Lipinski definition) is 5. The molecule has 2 heterocycles. The lowest BCUT2D eigenvalue weighted by molar-refractivity contribution is -0.0528. The van der Waals surface area contributed by atoms with Gasteiger partial charge in [-0.15, -0.1) is 11.3 Å². The highest BCUT2D eigenvalue weighted by Crippen LogP contribution is 2.31. The Kier molecular flexibility index (Phi) is 3.50. The lowest BCUT2D eigenvalue weighted by Crippen LogP contribution is -2.04. The number of hydrogen-bond donors (Lipinski definition) is 0. The van der Waals surface area contributed by atoms with Crippen LogP contribution >= 0.6 is 11.3 Å². The fourth-order valence-electron chi connectivity index (χ4n) is 2.04. The quantitative estimate of drug-likeness (QED) is 0.734. The van der Waals surface area contributed by atoms with E-state index >= 15 is 0 Å². The summed E-state index contributed by atoms with van der Waals surface area (Å²) in [5.41, 5.74) is 3.86. The number of nitrogens with zero attached hydrogens (tertiary/aromatic N) is 3.